The maximum atomic E-state index is 12.7. The molecule has 8 heteroatoms. The van der Waals surface area contributed by atoms with Crippen molar-refractivity contribution in [1.82, 2.24) is 15.3 Å². The van der Waals surface area contributed by atoms with Gasteiger partial charge in [-0.15, -0.1) is 0 Å². The van der Waals surface area contributed by atoms with Crippen LogP contribution in [0.15, 0.2) is 41.1 Å². The Morgan fingerprint density at radius 2 is 1.82 bits per heavy atom. The van der Waals surface area contributed by atoms with Gasteiger partial charge in [0.15, 0.2) is 0 Å². The molecule has 1 aliphatic heterocycles. The van der Waals surface area contributed by atoms with Gasteiger partial charge in [0.1, 0.15) is 17.2 Å². The summed E-state index contributed by atoms with van der Waals surface area (Å²) in [5, 5.41) is 23.2. The highest BCUT2D eigenvalue weighted by molar-refractivity contribution is 8.15. The van der Waals surface area contributed by atoms with E-state index in [1.807, 2.05) is 31.2 Å². The third-order valence-corrected chi connectivity index (χ3v) is 7.76. The summed E-state index contributed by atoms with van der Waals surface area (Å²) in [6, 6.07) is 7.90. The lowest BCUT2D eigenvalue weighted by Gasteiger charge is -2.34. The molecule has 2 aromatic rings. The van der Waals surface area contributed by atoms with Gasteiger partial charge in [-0.05, 0) is 68.2 Å². The molecule has 2 aliphatic rings. The molecule has 4 N–H and O–H groups in total. The minimum Gasteiger partial charge on any atom is -0.365 e. The average molecular weight is 477 g/mol. The third-order valence-electron chi connectivity index (χ3n) is 6.76. The Labute approximate surface area is 205 Å². The number of anilines is 1. The summed E-state index contributed by atoms with van der Waals surface area (Å²) in [4.78, 5) is 22.3. The molecule has 1 saturated carbocycles. The maximum absolute atomic E-state index is 12.7. The number of rotatable bonds is 6. The van der Waals surface area contributed by atoms with Crippen LogP contribution in [0.5, 0.6) is 0 Å². The smallest absolute Gasteiger partial charge is 0.251 e. The fourth-order valence-corrected chi connectivity index (χ4v) is 5.37. The Kier molecular flexibility index (Phi) is 6.89. The van der Waals surface area contributed by atoms with Crippen molar-refractivity contribution in [2.24, 2.45) is 5.41 Å². The first-order valence-corrected chi connectivity index (χ1v) is 12.5. The van der Waals surface area contributed by atoms with Crippen LogP contribution in [0.2, 0.25) is 0 Å². The molecule has 0 unspecified atom stereocenters. The number of aromatic nitrogens is 2. The number of nitrogens with zero attached hydrogens (tertiary/aromatic N) is 2. The van der Waals surface area contributed by atoms with Gasteiger partial charge in [0, 0.05) is 29.4 Å². The minimum absolute atomic E-state index is 0.0103. The predicted octanol–water partition coefficient (Wildman–Crippen LogP) is 5.68. The monoisotopic (exact) mass is 476 g/mol. The van der Waals surface area contributed by atoms with Gasteiger partial charge < -0.3 is 16.0 Å². The van der Waals surface area contributed by atoms with Crippen LogP contribution in [0.25, 0.3) is 5.57 Å². The molecule has 178 valence electrons. The van der Waals surface area contributed by atoms with Crippen molar-refractivity contribution in [3.05, 3.63) is 53.0 Å². The van der Waals surface area contributed by atoms with Crippen LogP contribution in [-0.4, -0.2) is 32.7 Å². The Bertz CT molecular complexity index is 1160. The third kappa shape index (κ3) is 5.22. The number of carbonyl (C=O) groups is 1. The first-order chi connectivity index (χ1) is 16.1. The zero-order chi connectivity index (χ0) is 24.5. The molecule has 34 heavy (non-hydrogen) atoms. The first-order valence-electron chi connectivity index (χ1n) is 11.7. The standard InChI is InChI=1S/C26H32N6OS/c1-15(16(2)27)20-21-22(34-23(20)28)24(31-14-30-21)29-13-17-5-7-18(8-6-17)25(33)32-19-9-11-26(3,4)12-10-19/h5-8,14,19,27-28H,9-13H2,1-4H3,(H,32,33)(H,29,30,31)/b20-15-,27-16?,28-23?. The second-order valence-electron chi connectivity index (χ2n) is 9.92. The zero-order valence-corrected chi connectivity index (χ0v) is 21.0. The number of nitrogens with one attached hydrogen (secondary N) is 4. The van der Waals surface area contributed by atoms with Gasteiger partial charge >= 0.3 is 0 Å². The molecule has 0 bridgehead atoms. The van der Waals surface area contributed by atoms with Gasteiger partial charge in [0.05, 0.1) is 10.6 Å². The first kappa shape index (κ1) is 24.1. The average Bonchev–Trinajstić information content (AvgIpc) is 3.15. The Hall–Kier alpha value is -3.00. The molecule has 1 aliphatic carbocycles. The summed E-state index contributed by atoms with van der Waals surface area (Å²) >= 11 is 1.32. The van der Waals surface area contributed by atoms with E-state index in [4.69, 9.17) is 10.8 Å². The van der Waals surface area contributed by atoms with Gasteiger partial charge in [-0.2, -0.15) is 0 Å². The highest BCUT2D eigenvalue weighted by atomic mass is 32.2. The van der Waals surface area contributed by atoms with Crippen LogP contribution >= 0.6 is 11.8 Å². The van der Waals surface area contributed by atoms with Crippen LogP contribution in [0.3, 0.4) is 0 Å². The van der Waals surface area contributed by atoms with E-state index in [2.05, 4.69) is 34.4 Å². The van der Waals surface area contributed by atoms with Crippen molar-refractivity contribution >= 4 is 39.8 Å². The van der Waals surface area contributed by atoms with Crippen molar-refractivity contribution in [3.8, 4) is 0 Å². The molecule has 4 rings (SSSR count). The fraction of sp³-hybridized carbons (Fsp3) is 0.423. The summed E-state index contributed by atoms with van der Waals surface area (Å²) < 4.78 is 0. The van der Waals surface area contributed by atoms with E-state index < -0.39 is 0 Å². The van der Waals surface area contributed by atoms with E-state index in [1.54, 1.807) is 6.92 Å². The lowest BCUT2D eigenvalue weighted by molar-refractivity contribution is 0.0909. The van der Waals surface area contributed by atoms with E-state index in [1.165, 1.54) is 18.1 Å². The van der Waals surface area contributed by atoms with Crippen molar-refractivity contribution in [2.45, 2.75) is 70.9 Å². The van der Waals surface area contributed by atoms with E-state index in [0.717, 1.165) is 41.7 Å². The SMILES string of the molecule is CC(=N)/C(C)=C1\C(=N)Sc2c(NCc3ccc(C(=O)NC4CCC(C)(C)CC4)cc3)ncnc21. The molecular weight excluding hydrogens is 444 g/mol. The molecule has 2 heterocycles. The predicted molar refractivity (Wildman–Crippen MR) is 139 cm³/mol. The lowest BCUT2D eigenvalue weighted by atomic mass is 9.75. The van der Waals surface area contributed by atoms with Crippen LogP contribution < -0.4 is 10.6 Å². The molecule has 1 amide bonds. The Morgan fingerprint density at radius 3 is 2.47 bits per heavy atom. The number of carbonyl (C=O) groups excluding carboxylic acids is 1. The van der Waals surface area contributed by atoms with E-state index in [9.17, 15) is 4.79 Å². The van der Waals surface area contributed by atoms with Gasteiger partial charge in [0.25, 0.3) is 5.91 Å². The van der Waals surface area contributed by atoms with Gasteiger partial charge in [-0.1, -0.05) is 37.7 Å². The molecular formula is C26H32N6OS. The van der Waals surface area contributed by atoms with E-state index in [-0.39, 0.29) is 11.9 Å². The number of fused-ring (bicyclic) bond motifs is 1. The number of allylic oxidation sites excluding steroid dienone is 1. The Balaban J connectivity index is 1.39. The number of amides is 1. The van der Waals surface area contributed by atoms with Gasteiger partial charge in [-0.25, -0.2) is 9.97 Å². The molecule has 0 saturated heterocycles. The van der Waals surface area contributed by atoms with E-state index >= 15 is 0 Å². The number of thioether (sulfide) groups is 1. The summed E-state index contributed by atoms with van der Waals surface area (Å²) in [6.07, 6.45) is 5.85. The number of benzene rings is 1. The molecule has 7 nitrogen and oxygen atoms in total. The van der Waals surface area contributed by atoms with Crippen LogP contribution in [0.1, 0.15) is 75.0 Å². The summed E-state index contributed by atoms with van der Waals surface area (Å²) in [6.45, 7) is 8.70. The van der Waals surface area contributed by atoms with Crippen molar-refractivity contribution in [2.75, 3.05) is 5.32 Å². The number of hydrogen-bond donors (Lipinski definition) is 4. The van der Waals surface area contributed by atoms with Gasteiger partial charge in [0.2, 0.25) is 0 Å². The Morgan fingerprint density at radius 1 is 1.15 bits per heavy atom. The summed E-state index contributed by atoms with van der Waals surface area (Å²) in [7, 11) is 0. The highest BCUT2D eigenvalue weighted by Crippen LogP contribution is 2.44. The molecule has 0 radical (unpaired) electrons. The van der Waals surface area contributed by atoms with Crippen LogP contribution in [-0.2, 0) is 6.54 Å². The molecule has 1 fully saturated rings. The second-order valence-corrected chi connectivity index (χ2v) is 10.9. The second kappa shape index (κ2) is 9.70. The van der Waals surface area contributed by atoms with E-state index in [0.29, 0.717) is 45.4 Å². The quantitative estimate of drug-likeness (QED) is 0.400. The topological polar surface area (TPSA) is 115 Å². The summed E-state index contributed by atoms with van der Waals surface area (Å²) in [5.74, 6) is 0.663. The molecule has 1 aromatic carbocycles. The van der Waals surface area contributed by atoms with Crippen LogP contribution in [0, 0.1) is 16.2 Å². The summed E-state index contributed by atoms with van der Waals surface area (Å²) in [5.41, 5.74) is 4.68. The minimum atomic E-state index is -0.0103. The number of hydrogen-bond acceptors (Lipinski definition) is 7. The molecule has 0 atom stereocenters. The largest absolute Gasteiger partial charge is 0.365 e. The molecule has 1 aromatic heterocycles. The zero-order valence-electron chi connectivity index (χ0n) is 20.2. The molecule has 0 spiro atoms. The van der Waals surface area contributed by atoms with Crippen molar-refractivity contribution in [3.63, 3.8) is 0 Å². The van der Waals surface area contributed by atoms with Crippen LogP contribution in [0.4, 0.5) is 5.82 Å². The maximum Gasteiger partial charge on any atom is 0.251 e. The van der Waals surface area contributed by atoms with Gasteiger partial charge in [-0.3, -0.25) is 10.2 Å². The highest BCUT2D eigenvalue weighted by Gasteiger charge is 2.30. The van der Waals surface area contributed by atoms with Crippen molar-refractivity contribution < 1.29 is 4.79 Å². The lowest BCUT2D eigenvalue weighted by Crippen LogP contribution is -2.39. The van der Waals surface area contributed by atoms with Crippen molar-refractivity contribution in [1.29, 1.82) is 10.8 Å². The fourth-order valence-electron chi connectivity index (χ4n) is 4.34. The normalized spacial score (nSPS) is 18.9.